The Bertz CT molecular complexity index is 940. The fourth-order valence-electron chi connectivity index (χ4n) is 3.29. The van der Waals surface area contributed by atoms with Gasteiger partial charge >= 0.3 is 0 Å². The van der Waals surface area contributed by atoms with E-state index < -0.39 is 0 Å². The minimum atomic E-state index is -0.0248. The van der Waals surface area contributed by atoms with Gasteiger partial charge in [0.1, 0.15) is 16.5 Å². The molecule has 1 aliphatic rings. The first-order valence-electron chi connectivity index (χ1n) is 9.29. The van der Waals surface area contributed by atoms with E-state index in [1.54, 1.807) is 24.5 Å². The highest BCUT2D eigenvalue weighted by Crippen LogP contribution is 2.26. The van der Waals surface area contributed by atoms with Gasteiger partial charge in [-0.3, -0.25) is 9.69 Å². The van der Waals surface area contributed by atoms with E-state index in [-0.39, 0.29) is 5.91 Å². The lowest BCUT2D eigenvalue weighted by Crippen LogP contribution is -2.48. The number of piperazine rings is 1. The minimum Gasteiger partial charge on any atom is -0.497 e. The van der Waals surface area contributed by atoms with Crippen molar-refractivity contribution in [3.05, 3.63) is 59.0 Å². The highest BCUT2D eigenvalue weighted by atomic mass is 32.1. The average molecular weight is 398 g/mol. The minimum absolute atomic E-state index is 0.0248. The number of nitrogens with zero attached hydrogens (tertiary/aromatic N) is 3. The Morgan fingerprint density at radius 3 is 2.54 bits per heavy atom. The fraction of sp³-hybridized carbons (Fsp3) is 0.333. The smallest absolute Gasteiger partial charge is 0.289 e. The highest BCUT2D eigenvalue weighted by Gasteiger charge is 2.24. The number of carbonyl (C=O) groups excluding carboxylic acids is 1. The maximum Gasteiger partial charge on any atom is 0.289 e. The largest absolute Gasteiger partial charge is 0.497 e. The second kappa shape index (κ2) is 8.16. The standard InChI is InChI=1S/C21H23N3O3S/c1-15-3-8-19(27-15)21(25)24-11-9-23(10-12-24)13-17-14-28-20(22-17)16-4-6-18(26-2)7-5-16/h3-8,14H,9-13H2,1-2H3. The van der Waals surface area contributed by atoms with Gasteiger partial charge in [-0.2, -0.15) is 0 Å². The molecule has 4 rings (SSSR count). The van der Waals surface area contributed by atoms with Crippen LogP contribution in [-0.2, 0) is 6.54 Å². The second-order valence-electron chi connectivity index (χ2n) is 6.85. The molecule has 0 unspecified atom stereocenters. The molecular weight excluding hydrogens is 374 g/mol. The number of aromatic nitrogens is 1. The lowest BCUT2D eigenvalue weighted by atomic mass is 10.2. The summed E-state index contributed by atoms with van der Waals surface area (Å²) in [5.74, 6) is 2.01. The Morgan fingerprint density at radius 2 is 1.89 bits per heavy atom. The van der Waals surface area contributed by atoms with Crippen LogP contribution in [0.2, 0.25) is 0 Å². The van der Waals surface area contributed by atoms with Crippen LogP contribution >= 0.6 is 11.3 Å². The molecular formula is C21H23N3O3S. The van der Waals surface area contributed by atoms with Crippen molar-refractivity contribution < 1.29 is 13.9 Å². The van der Waals surface area contributed by atoms with Gasteiger partial charge in [-0.25, -0.2) is 4.98 Å². The zero-order valence-corrected chi connectivity index (χ0v) is 16.9. The van der Waals surface area contributed by atoms with Crippen molar-refractivity contribution in [3.63, 3.8) is 0 Å². The van der Waals surface area contributed by atoms with Gasteiger partial charge in [0.05, 0.1) is 12.8 Å². The summed E-state index contributed by atoms with van der Waals surface area (Å²) < 4.78 is 10.7. The zero-order chi connectivity index (χ0) is 19.5. The van der Waals surface area contributed by atoms with Gasteiger partial charge in [-0.05, 0) is 43.3 Å². The van der Waals surface area contributed by atoms with E-state index in [0.717, 1.165) is 47.4 Å². The van der Waals surface area contributed by atoms with Crippen LogP contribution in [0.3, 0.4) is 0 Å². The number of hydrogen-bond donors (Lipinski definition) is 0. The van der Waals surface area contributed by atoms with Crippen molar-refractivity contribution in [1.29, 1.82) is 0 Å². The summed E-state index contributed by atoms with van der Waals surface area (Å²) in [6.45, 7) is 5.72. The summed E-state index contributed by atoms with van der Waals surface area (Å²) in [5, 5.41) is 3.13. The molecule has 146 valence electrons. The molecule has 3 heterocycles. The number of furan rings is 1. The molecule has 1 amide bonds. The van der Waals surface area contributed by atoms with Crippen molar-refractivity contribution >= 4 is 17.2 Å². The van der Waals surface area contributed by atoms with E-state index in [4.69, 9.17) is 14.1 Å². The molecule has 1 saturated heterocycles. The molecule has 7 heteroatoms. The molecule has 0 saturated carbocycles. The number of carbonyl (C=O) groups is 1. The summed E-state index contributed by atoms with van der Waals surface area (Å²) in [6, 6.07) is 11.5. The predicted molar refractivity (Wildman–Crippen MR) is 109 cm³/mol. The summed E-state index contributed by atoms with van der Waals surface area (Å²) in [4.78, 5) is 21.5. The number of benzene rings is 1. The molecule has 6 nitrogen and oxygen atoms in total. The number of aryl methyl sites for hydroxylation is 1. The fourth-order valence-corrected chi connectivity index (χ4v) is 4.11. The van der Waals surface area contributed by atoms with Gasteiger partial charge in [0.15, 0.2) is 5.76 Å². The molecule has 0 atom stereocenters. The van der Waals surface area contributed by atoms with Crippen molar-refractivity contribution in [2.45, 2.75) is 13.5 Å². The Labute approximate surface area is 168 Å². The topological polar surface area (TPSA) is 58.8 Å². The number of rotatable bonds is 5. The van der Waals surface area contributed by atoms with Gasteiger partial charge < -0.3 is 14.1 Å². The van der Waals surface area contributed by atoms with Crippen LogP contribution in [0.1, 0.15) is 22.0 Å². The molecule has 0 bridgehead atoms. The molecule has 28 heavy (non-hydrogen) atoms. The van der Waals surface area contributed by atoms with Crippen molar-refractivity contribution in [2.75, 3.05) is 33.3 Å². The predicted octanol–water partition coefficient (Wildman–Crippen LogP) is 3.68. The van der Waals surface area contributed by atoms with Gasteiger partial charge in [-0.1, -0.05) is 0 Å². The third-order valence-electron chi connectivity index (χ3n) is 4.88. The summed E-state index contributed by atoms with van der Waals surface area (Å²) in [6.07, 6.45) is 0. The summed E-state index contributed by atoms with van der Waals surface area (Å²) in [5.41, 5.74) is 2.17. The van der Waals surface area contributed by atoms with E-state index in [0.29, 0.717) is 18.8 Å². The van der Waals surface area contributed by atoms with Gasteiger partial charge in [0.2, 0.25) is 0 Å². The van der Waals surface area contributed by atoms with Crippen LogP contribution in [0.15, 0.2) is 46.2 Å². The summed E-state index contributed by atoms with van der Waals surface area (Å²) in [7, 11) is 1.67. The second-order valence-corrected chi connectivity index (χ2v) is 7.71. The lowest BCUT2D eigenvalue weighted by molar-refractivity contribution is 0.0595. The van der Waals surface area contributed by atoms with Crippen LogP contribution in [-0.4, -0.2) is 54.0 Å². The first kappa shape index (κ1) is 18.7. The maximum atomic E-state index is 12.5. The quantitative estimate of drug-likeness (QED) is 0.657. The van der Waals surface area contributed by atoms with Crippen LogP contribution in [0.25, 0.3) is 10.6 Å². The van der Waals surface area contributed by atoms with Crippen LogP contribution < -0.4 is 4.74 Å². The number of thiazole rings is 1. The van der Waals surface area contributed by atoms with Gasteiger partial charge in [0.25, 0.3) is 5.91 Å². The zero-order valence-electron chi connectivity index (χ0n) is 16.1. The monoisotopic (exact) mass is 397 g/mol. The first-order valence-corrected chi connectivity index (χ1v) is 10.2. The van der Waals surface area contributed by atoms with Gasteiger partial charge in [0, 0.05) is 43.7 Å². The van der Waals surface area contributed by atoms with E-state index in [1.165, 1.54) is 0 Å². The van der Waals surface area contributed by atoms with Crippen LogP contribution in [0, 0.1) is 6.92 Å². The van der Waals surface area contributed by atoms with E-state index in [2.05, 4.69) is 10.3 Å². The Hall–Kier alpha value is -2.64. The van der Waals surface area contributed by atoms with E-state index in [9.17, 15) is 4.79 Å². The summed E-state index contributed by atoms with van der Waals surface area (Å²) >= 11 is 1.65. The number of amides is 1. The Balaban J connectivity index is 1.32. The molecule has 0 N–H and O–H groups in total. The number of ether oxygens (including phenoxy) is 1. The molecule has 1 aromatic carbocycles. The first-order chi connectivity index (χ1) is 13.6. The molecule has 3 aromatic rings. The third-order valence-corrected chi connectivity index (χ3v) is 5.83. The Kier molecular flexibility index (Phi) is 5.45. The Morgan fingerprint density at radius 1 is 1.14 bits per heavy atom. The van der Waals surface area contributed by atoms with E-state index in [1.807, 2.05) is 42.2 Å². The molecule has 0 aliphatic carbocycles. The van der Waals surface area contributed by atoms with Crippen LogP contribution in [0.5, 0.6) is 5.75 Å². The normalized spacial score (nSPS) is 15.0. The maximum absolute atomic E-state index is 12.5. The highest BCUT2D eigenvalue weighted by molar-refractivity contribution is 7.13. The molecule has 2 aromatic heterocycles. The van der Waals surface area contributed by atoms with Crippen molar-refractivity contribution in [1.82, 2.24) is 14.8 Å². The number of hydrogen-bond acceptors (Lipinski definition) is 6. The SMILES string of the molecule is COc1ccc(-c2nc(CN3CCN(C(=O)c4ccc(C)o4)CC3)cs2)cc1. The molecule has 1 fully saturated rings. The average Bonchev–Trinajstić information content (AvgIpc) is 3.37. The van der Waals surface area contributed by atoms with Crippen molar-refractivity contribution in [2.24, 2.45) is 0 Å². The molecule has 1 aliphatic heterocycles. The third kappa shape index (κ3) is 4.10. The molecule has 0 spiro atoms. The van der Waals surface area contributed by atoms with Crippen LogP contribution in [0.4, 0.5) is 0 Å². The lowest BCUT2D eigenvalue weighted by Gasteiger charge is -2.33. The number of methoxy groups -OCH3 is 1. The van der Waals surface area contributed by atoms with E-state index >= 15 is 0 Å². The van der Waals surface area contributed by atoms with Crippen molar-refractivity contribution in [3.8, 4) is 16.3 Å². The van der Waals surface area contributed by atoms with Gasteiger partial charge in [-0.15, -0.1) is 11.3 Å². The molecule has 0 radical (unpaired) electrons.